The van der Waals surface area contributed by atoms with E-state index in [1.807, 2.05) is 0 Å². The van der Waals surface area contributed by atoms with E-state index < -0.39 is 20.9 Å². The van der Waals surface area contributed by atoms with Crippen LogP contribution in [-0.2, 0) is 9.84 Å². The summed E-state index contributed by atoms with van der Waals surface area (Å²) in [4.78, 5) is 12.2. The Morgan fingerprint density at radius 2 is 1.79 bits per heavy atom. The molecule has 0 bridgehead atoms. The smallest absolute Gasteiger partial charge is 0.182 e. The van der Waals surface area contributed by atoms with Gasteiger partial charge in [-0.15, -0.1) is 0 Å². The van der Waals surface area contributed by atoms with E-state index in [0.717, 1.165) is 0 Å². The number of hydrogen-bond acceptors (Lipinski definition) is 3. The molecule has 1 aromatic rings. The zero-order valence-electron chi connectivity index (χ0n) is 11.0. The summed E-state index contributed by atoms with van der Waals surface area (Å²) in [6.07, 6.45) is 0. The Labute approximate surface area is 123 Å². The third-order valence-electron chi connectivity index (χ3n) is 2.67. The Bertz CT molecular complexity index is 580. The van der Waals surface area contributed by atoms with Gasteiger partial charge in [-0.2, -0.15) is 0 Å². The molecule has 1 aromatic carbocycles. The summed E-state index contributed by atoms with van der Waals surface area (Å²) in [6, 6.07) is 4.40. The molecule has 0 aliphatic rings. The fourth-order valence-corrected chi connectivity index (χ4v) is 3.85. The van der Waals surface area contributed by atoms with Gasteiger partial charge in [-0.3, -0.25) is 4.79 Å². The van der Waals surface area contributed by atoms with E-state index >= 15 is 0 Å². The molecule has 0 aliphatic heterocycles. The summed E-state index contributed by atoms with van der Waals surface area (Å²) in [5, 5.41) is -0.531. The van der Waals surface area contributed by atoms with Gasteiger partial charge in [0.05, 0.1) is 10.8 Å². The average molecular weight is 323 g/mol. The first-order valence-corrected chi connectivity index (χ1v) is 8.33. The molecule has 0 radical (unpaired) electrons. The third-order valence-corrected chi connectivity index (χ3v) is 5.64. The van der Waals surface area contributed by atoms with E-state index in [1.54, 1.807) is 13.8 Å². The lowest BCUT2D eigenvalue weighted by Crippen LogP contribution is -2.31. The third kappa shape index (κ3) is 4.20. The van der Waals surface area contributed by atoms with Gasteiger partial charge in [-0.05, 0) is 31.0 Å². The zero-order chi connectivity index (χ0) is 14.8. The number of benzene rings is 1. The predicted molar refractivity (Wildman–Crippen MR) is 78.9 cm³/mol. The van der Waals surface area contributed by atoms with Crippen molar-refractivity contribution in [3.05, 3.63) is 33.8 Å². The molecule has 0 heterocycles. The molecule has 1 atom stereocenters. The minimum Gasteiger partial charge on any atom is -0.293 e. The van der Waals surface area contributed by atoms with Crippen LogP contribution in [0.1, 0.15) is 31.1 Å². The average Bonchev–Trinajstić information content (AvgIpc) is 2.25. The fraction of sp³-hybridized carbons (Fsp3) is 0.462. The van der Waals surface area contributed by atoms with Gasteiger partial charge in [0.15, 0.2) is 15.6 Å². The van der Waals surface area contributed by atoms with Crippen molar-refractivity contribution in [2.45, 2.75) is 26.0 Å². The molecule has 0 N–H and O–H groups in total. The second-order valence-corrected chi connectivity index (χ2v) is 8.06. The molecule has 0 saturated carbocycles. The number of Topliss-reactive ketones (excluding diaryl/α,β-unsaturated/α-hetero) is 1. The number of sulfone groups is 1. The van der Waals surface area contributed by atoms with Crippen LogP contribution < -0.4 is 0 Å². The van der Waals surface area contributed by atoms with Gasteiger partial charge in [-0.25, -0.2) is 8.42 Å². The highest BCUT2D eigenvalue weighted by Gasteiger charge is 2.30. The van der Waals surface area contributed by atoms with Crippen LogP contribution in [-0.4, -0.2) is 25.2 Å². The second-order valence-electron chi connectivity index (χ2n) is 4.85. The monoisotopic (exact) mass is 322 g/mol. The summed E-state index contributed by atoms with van der Waals surface area (Å²) in [5.74, 6) is -0.547. The van der Waals surface area contributed by atoms with E-state index in [-0.39, 0.29) is 22.3 Å². The molecule has 0 fully saturated rings. The normalized spacial score (nSPS) is 13.6. The molecule has 1 unspecified atom stereocenters. The lowest BCUT2D eigenvalue weighted by Gasteiger charge is -2.14. The Balaban J connectivity index is 3.06. The number of carbonyl (C=O) groups is 1. The molecule has 6 heteroatoms. The quantitative estimate of drug-likeness (QED) is 0.778. The first kappa shape index (κ1) is 16.5. The van der Waals surface area contributed by atoms with Crippen molar-refractivity contribution >= 4 is 38.8 Å². The van der Waals surface area contributed by atoms with Crippen LogP contribution in [0.2, 0.25) is 10.0 Å². The maximum absolute atomic E-state index is 12.2. The molecule has 0 aliphatic carbocycles. The summed E-state index contributed by atoms with van der Waals surface area (Å²) >= 11 is 11.7. The van der Waals surface area contributed by atoms with Crippen LogP contribution in [0.25, 0.3) is 0 Å². The van der Waals surface area contributed by atoms with Crippen molar-refractivity contribution in [3.63, 3.8) is 0 Å². The Hall–Kier alpha value is -0.580. The van der Waals surface area contributed by atoms with Crippen LogP contribution >= 0.6 is 23.2 Å². The molecule has 0 spiro atoms. The minimum absolute atomic E-state index is 0.0227. The summed E-state index contributed by atoms with van der Waals surface area (Å²) in [7, 11) is -3.47. The molecular formula is C13H16Cl2O3S. The van der Waals surface area contributed by atoms with Crippen LogP contribution in [0.15, 0.2) is 18.2 Å². The SMILES string of the molecule is CC(C)CS(=O)(=O)C(C)C(=O)c1ccc(Cl)cc1Cl. The molecule has 19 heavy (non-hydrogen) atoms. The lowest BCUT2D eigenvalue weighted by atomic mass is 10.1. The van der Waals surface area contributed by atoms with Crippen molar-refractivity contribution in [2.75, 3.05) is 5.75 Å². The van der Waals surface area contributed by atoms with Crippen molar-refractivity contribution in [1.82, 2.24) is 0 Å². The number of halogens is 2. The van der Waals surface area contributed by atoms with Crippen molar-refractivity contribution in [3.8, 4) is 0 Å². The van der Waals surface area contributed by atoms with Crippen molar-refractivity contribution in [2.24, 2.45) is 5.92 Å². The molecule has 0 saturated heterocycles. The summed E-state index contributed by atoms with van der Waals surface area (Å²) < 4.78 is 24.1. The molecule has 0 amide bonds. The van der Waals surface area contributed by atoms with Crippen LogP contribution in [0.3, 0.4) is 0 Å². The maximum atomic E-state index is 12.2. The van der Waals surface area contributed by atoms with Gasteiger partial charge in [0.2, 0.25) is 0 Å². The lowest BCUT2D eigenvalue weighted by molar-refractivity contribution is 0.0991. The first-order valence-electron chi connectivity index (χ1n) is 5.86. The summed E-state index contributed by atoms with van der Waals surface area (Å²) in [6.45, 7) is 4.99. The molecular weight excluding hydrogens is 307 g/mol. The second kappa shape index (κ2) is 6.25. The van der Waals surface area contributed by atoms with Crippen molar-refractivity contribution in [1.29, 1.82) is 0 Å². The predicted octanol–water partition coefficient (Wildman–Crippen LogP) is 3.64. The van der Waals surface area contributed by atoms with E-state index in [0.29, 0.717) is 5.02 Å². The number of hydrogen-bond donors (Lipinski definition) is 0. The first-order chi connectivity index (χ1) is 8.65. The van der Waals surface area contributed by atoms with Gasteiger partial charge in [0.1, 0.15) is 5.25 Å². The fourth-order valence-electron chi connectivity index (χ4n) is 1.68. The summed E-state index contributed by atoms with van der Waals surface area (Å²) in [5.41, 5.74) is 0.186. The Morgan fingerprint density at radius 3 is 2.26 bits per heavy atom. The minimum atomic E-state index is -3.47. The van der Waals surface area contributed by atoms with Gasteiger partial charge < -0.3 is 0 Å². The number of rotatable bonds is 5. The van der Waals surface area contributed by atoms with Crippen LogP contribution in [0.4, 0.5) is 0 Å². The maximum Gasteiger partial charge on any atom is 0.182 e. The van der Waals surface area contributed by atoms with Gasteiger partial charge >= 0.3 is 0 Å². The zero-order valence-corrected chi connectivity index (χ0v) is 13.3. The highest BCUT2D eigenvalue weighted by Crippen LogP contribution is 2.24. The van der Waals surface area contributed by atoms with Crippen LogP contribution in [0.5, 0.6) is 0 Å². The van der Waals surface area contributed by atoms with Gasteiger partial charge in [0, 0.05) is 10.6 Å². The molecule has 106 valence electrons. The van der Waals surface area contributed by atoms with Gasteiger partial charge in [-0.1, -0.05) is 37.0 Å². The standard InChI is InChI=1S/C13H16Cl2O3S/c1-8(2)7-19(17,18)9(3)13(16)11-5-4-10(14)6-12(11)15/h4-6,8-9H,7H2,1-3H3. The largest absolute Gasteiger partial charge is 0.293 e. The van der Waals surface area contributed by atoms with E-state index in [1.165, 1.54) is 25.1 Å². The van der Waals surface area contributed by atoms with E-state index in [9.17, 15) is 13.2 Å². The molecule has 3 nitrogen and oxygen atoms in total. The topological polar surface area (TPSA) is 51.2 Å². The van der Waals surface area contributed by atoms with E-state index in [4.69, 9.17) is 23.2 Å². The highest BCUT2D eigenvalue weighted by molar-refractivity contribution is 7.92. The highest BCUT2D eigenvalue weighted by atomic mass is 35.5. The molecule has 1 rings (SSSR count). The van der Waals surface area contributed by atoms with Crippen LogP contribution in [0, 0.1) is 5.92 Å². The Kier molecular flexibility index (Phi) is 5.42. The number of carbonyl (C=O) groups excluding carboxylic acids is 1. The number of ketones is 1. The van der Waals surface area contributed by atoms with Crippen molar-refractivity contribution < 1.29 is 13.2 Å². The van der Waals surface area contributed by atoms with Gasteiger partial charge in [0.25, 0.3) is 0 Å². The Morgan fingerprint density at radius 1 is 1.21 bits per heavy atom. The molecule has 0 aromatic heterocycles. The van der Waals surface area contributed by atoms with E-state index in [2.05, 4.69) is 0 Å².